The van der Waals surface area contributed by atoms with Gasteiger partial charge in [0.2, 0.25) is 0 Å². The third kappa shape index (κ3) is 2.19. The van der Waals surface area contributed by atoms with E-state index in [9.17, 15) is 0 Å². The summed E-state index contributed by atoms with van der Waals surface area (Å²) in [6.45, 7) is 3.64. The highest BCUT2D eigenvalue weighted by molar-refractivity contribution is 4.99. The molecule has 0 amide bonds. The normalized spacial score (nSPS) is 25.4. The molecule has 2 aliphatic heterocycles. The van der Waals surface area contributed by atoms with Crippen molar-refractivity contribution in [2.45, 2.75) is 18.9 Å². The molecule has 2 heterocycles. The summed E-state index contributed by atoms with van der Waals surface area (Å²) in [5, 5.41) is 3.23. The first kappa shape index (κ1) is 9.80. The fourth-order valence-electron chi connectivity index (χ4n) is 2.01. The van der Waals surface area contributed by atoms with Crippen molar-refractivity contribution in [2.75, 3.05) is 33.5 Å². The quantitative estimate of drug-likeness (QED) is 0.701. The minimum absolute atomic E-state index is 0.648. The second-order valence-corrected chi connectivity index (χ2v) is 3.77. The van der Waals surface area contributed by atoms with Crippen LogP contribution in [-0.4, -0.2) is 44.5 Å². The minimum atomic E-state index is 0.648. The summed E-state index contributed by atoms with van der Waals surface area (Å²) in [6, 6.07) is 0.648. The molecule has 0 aromatic heterocycles. The van der Waals surface area contributed by atoms with Crippen LogP contribution in [0.4, 0.5) is 0 Å². The standard InChI is InChI=1S/C10H18N2O2/c1-13-10-6-11-8-12(7-10)9-2-4-14-5-3-9/h6,9,11H,2-5,7-8H2,1H3. The maximum atomic E-state index is 5.35. The Kier molecular flexibility index (Phi) is 3.26. The van der Waals surface area contributed by atoms with E-state index in [2.05, 4.69) is 10.2 Å². The monoisotopic (exact) mass is 198 g/mol. The van der Waals surface area contributed by atoms with Gasteiger partial charge in [-0.3, -0.25) is 4.90 Å². The van der Waals surface area contributed by atoms with Crippen molar-refractivity contribution < 1.29 is 9.47 Å². The van der Waals surface area contributed by atoms with Crippen LogP contribution in [0.1, 0.15) is 12.8 Å². The van der Waals surface area contributed by atoms with Crippen molar-refractivity contribution in [3.63, 3.8) is 0 Å². The predicted molar refractivity (Wildman–Crippen MR) is 53.6 cm³/mol. The summed E-state index contributed by atoms with van der Waals surface area (Å²) in [7, 11) is 1.72. The summed E-state index contributed by atoms with van der Waals surface area (Å²) in [4.78, 5) is 2.42. The zero-order valence-electron chi connectivity index (χ0n) is 8.66. The van der Waals surface area contributed by atoms with Gasteiger partial charge in [-0.05, 0) is 12.8 Å². The number of methoxy groups -OCH3 is 1. The van der Waals surface area contributed by atoms with Crippen LogP contribution in [0, 0.1) is 0 Å². The lowest BCUT2D eigenvalue weighted by molar-refractivity contribution is 0.0275. The van der Waals surface area contributed by atoms with Gasteiger partial charge in [-0.1, -0.05) is 0 Å². The molecule has 0 atom stereocenters. The highest BCUT2D eigenvalue weighted by atomic mass is 16.5. The summed E-state index contributed by atoms with van der Waals surface area (Å²) in [5.41, 5.74) is 0. The molecule has 2 aliphatic rings. The first-order valence-corrected chi connectivity index (χ1v) is 5.18. The van der Waals surface area contributed by atoms with Crippen LogP contribution < -0.4 is 5.32 Å². The number of hydrogen-bond acceptors (Lipinski definition) is 4. The van der Waals surface area contributed by atoms with Crippen LogP contribution in [0.2, 0.25) is 0 Å². The summed E-state index contributed by atoms with van der Waals surface area (Å²) in [5.74, 6) is 1.02. The van der Waals surface area contributed by atoms with Crippen LogP contribution in [0.5, 0.6) is 0 Å². The first-order valence-electron chi connectivity index (χ1n) is 5.18. The van der Waals surface area contributed by atoms with E-state index in [-0.39, 0.29) is 0 Å². The van der Waals surface area contributed by atoms with E-state index in [1.54, 1.807) is 7.11 Å². The van der Waals surface area contributed by atoms with Gasteiger partial charge >= 0.3 is 0 Å². The van der Waals surface area contributed by atoms with Crippen molar-refractivity contribution in [1.82, 2.24) is 10.2 Å². The lowest BCUT2D eigenvalue weighted by Gasteiger charge is -2.36. The molecule has 1 saturated heterocycles. The zero-order valence-corrected chi connectivity index (χ0v) is 8.66. The Morgan fingerprint density at radius 3 is 3.00 bits per heavy atom. The van der Waals surface area contributed by atoms with Crippen LogP contribution in [0.25, 0.3) is 0 Å². The molecule has 14 heavy (non-hydrogen) atoms. The molecule has 0 bridgehead atoms. The molecule has 80 valence electrons. The van der Waals surface area contributed by atoms with Gasteiger partial charge in [-0.25, -0.2) is 0 Å². The second-order valence-electron chi connectivity index (χ2n) is 3.77. The molecule has 0 aliphatic carbocycles. The average molecular weight is 198 g/mol. The van der Waals surface area contributed by atoms with Gasteiger partial charge in [0.05, 0.1) is 20.3 Å². The molecule has 0 unspecified atom stereocenters. The van der Waals surface area contributed by atoms with E-state index in [1.807, 2.05) is 6.20 Å². The SMILES string of the molecule is COC1=CNCN(C2CCOCC2)C1. The van der Waals surface area contributed by atoms with Gasteiger partial charge in [0.15, 0.2) is 0 Å². The fraction of sp³-hybridized carbons (Fsp3) is 0.800. The van der Waals surface area contributed by atoms with E-state index >= 15 is 0 Å². The Balaban J connectivity index is 1.88. The first-order chi connectivity index (χ1) is 6.90. The van der Waals surface area contributed by atoms with E-state index in [1.165, 1.54) is 0 Å². The number of nitrogens with zero attached hydrogens (tertiary/aromatic N) is 1. The molecule has 0 saturated carbocycles. The van der Waals surface area contributed by atoms with E-state index in [0.29, 0.717) is 6.04 Å². The Labute approximate surface area is 84.9 Å². The van der Waals surface area contributed by atoms with Gasteiger partial charge < -0.3 is 14.8 Å². The number of hydrogen-bond donors (Lipinski definition) is 1. The maximum Gasteiger partial charge on any atom is 0.125 e. The van der Waals surface area contributed by atoms with Crippen molar-refractivity contribution in [2.24, 2.45) is 0 Å². The van der Waals surface area contributed by atoms with Gasteiger partial charge in [0, 0.05) is 25.5 Å². The van der Waals surface area contributed by atoms with Gasteiger partial charge in [0.1, 0.15) is 5.76 Å². The van der Waals surface area contributed by atoms with Crippen molar-refractivity contribution in [1.29, 1.82) is 0 Å². The summed E-state index contributed by atoms with van der Waals surface area (Å²) in [6.07, 6.45) is 4.23. The van der Waals surface area contributed by atoms with Gasteiger partial charge in [-0.15, -0.1) is 0 Å². The number of nitrogens with one attached hydrogen (secondary N) is 1. The average Bonchev–Trinajstić information content (AvgIpc) is 2.30. The van der Waals surface area contributed by atoms with E-state index < -0.39 is 0 Å². The molecule has 0 radical (unpaired) electrons. The van der Waals surface area contributed by atoms with Crippen LogP contribution in [0.15, 0.2) is 12.0 Å². The molecule has 1 fully saturated rings. The van der Waals surface area contributed by atoms with Crippen molar-refractivity contribution >= 4 is 0 Å². The zero-order chi connectivity index (χ0) is 9.80. The third-order valence-corrected chi connectivity index (χ3v) is 2.89. The molecule has 4 heteroatoms. The lowest BCUT2D eigenvalue weighted by Crippen LogP contribution is -2.47. The topological polar surface area (TPSA) is 33.7 Å². The molecular formula is C10H18N2O2. The molecule has 1 N–H and O–H groups in total. The lowest BCUT2D eigenvalue weighted by atomic mass is 10.1. The van der Waals surface area contributed by atoms with E-state index in [4.69, 9.17) is 9.47 Å². The molecule has 0 spiro atoms. The largest absolute Gasteiger partial charge is 0.498 e. The van der Waals surface area contributed by atoms with Gasteiger partial charge in [0.25, 0.3) is 0 Å². The van der Waals surface area contributed by atoms with Crippen LogP contribution >= 0.6 is 0 Å². The second kappa shape index (κ2) is 4.66. The number of rotatable bonds is 2. The summed E-state index contributed by atoms with van der Waals surface area (Å²) >= 11 is 0. The highest BCUT2D eigenvalue weighted by Gasteiger charge is 2.23. The third-order valence-electron chi connectivity index (χ3n) is 2.89. The Morgan fingerprint density at radius 2 is 2.29 bits per heavy atom. The Morgan fingerprint density at radius 1 is 1.50 bits per heavy atom. The fourth-order valence-corrected chi connectivity index (χ4v) is 2.01. The highest BCUT2D eigenvalue weighted by Crippen LogP contribution is 2.16. The molecular weight excluding hydrogens is 180 g/mol. The molecule has 4 nitrogen and oxygen atoms in total. The number of ether oxygens (including phenoxy) is 2. The molecule has 0 aromatic rings. The summed E-state index contributed by atoms with van der Waals surface area (Å²) < 4.78 is 10.6. The Bertz CT molecular complexity index is 212. The minimum Gasteiger partial charge on any atom is -0.498 e. The van der Waals surface area contributed by atoms with E-state index in [0.717, 1.165) is 45.0 Å². The Hall–Kier alpha value is -0.740. The van der Waals surface area contributed by atoms with Crippen LogP contribution in [0.3, 0.4) is 0 Å². The molecule has 2 rings (SSSR count). The van der Waals surface area contributed by atoms with Crippen molar-refractivity contribution in [3.05, 3.63) is 12.0 Å². The van der Waals surface area contributed by atoms with Crippen LogP contribution in [-0.2, 0) is 9.47 Å². The smallest absolute Gasteiger partial charge is 0.125 e. The maximum absolute atomic E-state index is 5.35. The van der Waals surface area contributed by atoms with Crippen molar-refractivity contribution in [3.8, 4) is 0 Å². The van der Waals surface area contributed by atoms with Gasteiger partial charge in [-0.2, -0.15) is 0 Å². The molecule has 0 aromatic carbocycles. The predicted octanol–water partition coefficient (Wildman–Crippen LogP) is 0.516.